The van der Waals surface area contributed by atoms with Crippen LogP contribution < -0.4 is 5.32 Å². The monoisotopic (exact) mass is 280 g/mol. The molecule has 1 aromatic carbocycles. The molecule has 96 valence electrons. The molecule has 1 aliphatic heterocycles. The lowest BCUT2D eigenvalue weighted by Crippen LogP contribution is -2.31. The summed E-state index contributed by atoms with van der Waals surface area (Å²) in [7, 11) is 0. The number of benzene rings is 1. The van der Waals surface area contributed by atoms with Gasteiger partial charge in [0, 0.05) is 5.02 Å². The maximum absolute atomic E-state index is 6.01. The highest BCUT2D eigenvalue weighted by Gasteiger charge is 2.24. The average Bonchev–Trinajstić information content (AvgIpc) is 2.81. The minimum absolute atomic E-state index is 0.430. The third-order valence-corrected chi connectivity index (χ3v) is 5.14. The molecule has 0 spiro atoms. The van der Waals surface area contributed by atoms with Gasteiger partial charge < -0.3 is 5.32 Å². The van der Waals surface area contributed by atoms with E-state index in [-0.39, 0.29) is 0 Å². The summed E-state index contributed by atoms with van der Waals surface area (Å²) < 4.78 is 1.23. The molecule has 1 fully saturated rings. The van der Waals surface area contributed by atoms with Crippen molar-refractivity contribution in [1.29, 1.82) is 0 Å². The van der Waals surface area contributed by atoms with E-state index in [1.165, 1.54) is 29.0 Å². The zero-order valence-electron chi connectivity index (χ0n) is 10.4. The van der Waals surface area contributed by atoms with Gasteiger partial charge in [-0.25, -0.2) is 4.98 Å². The van der Waals surface area contributed by atoms with Crippen molar-refractivity contribution in [2.24, 2.45) is 5.92 Å². The van der Waals surface area contributed by atoms with Crippen LogP contribution in [0.1, 0.15) is 37.2 Å². The molecule has 4 heteroatoms. The molecule has 1 aromatic heterocycles. The van der Waals surface area contributed by atoms with Gasteiger partial charge in [-0.2, -0.15) is 0 Å². The normalized spacial score (nSPS) is 24.6. The maximum Gasteiger partial charge on any atom is 0.111 e. The Morgan fingerprint density at radius 1 is 1.50 bits per heavy atom. The number of halogens is 1. The molecule has 2 nitrogen and oxygen atoms in total. The van der Waals surface area contributed by atoms with Gasteiger partial charge in [-0.15, -0.1) is 11.3 Å². The van der Waals surface area contributed by atoms with E-state index in [1.807, 2.05) is 12.1 Å². The molecular formula is C14H17ClN2S. The summed E-state index contributed by atoms with van der Waals surface area (Å²) in [5.74, 6) is 0.840. The van der Waals surface area contributed by atoms with E-state index in [0.29, 0.717) is 6.04 Å². The van der Waals surface area contributed by atoms with E-state index in [0.717, 1.165) is 23.0 Å². The maximum atomic E-state index is 6.01. The number of fused-ring (bicyclic) bond motifs is 1. The summed E-state index contributed by atoms with van der Waals surface area (Å²) in [5.41, 5.74) is 1.03. The highest BCUT2D eigenvalue weighted by atomic mass is 35.5. The summed E-state index contributed by atoms with van der Waals surface area (Å²) in [4.78, 5) is 4.74. The van der Waals surface area contributed by atoms with Crippen LogP contribution in [0.15, 0.2) is 18.2 Å². The van der Waals surface area contributed by atoms with Crippen molar-refractivity contribution in [3.8, 4) is 0 Å². The van der Waals surface area contributed by atoms with Gasteiger partial charge in [0.2, 0.25) is 0 Å². The van der Waals surface area contributed by atoms with Gasteiger partial charge in [-0.05, 0) is 43.5 Å². The minimum atomic E-state index is 0.430. The first-order valence-corrected chi connectivity index (χ1v) is 7.75. The SMILES string of the molecule is CCC1CCNC(c2nc3cc(Cl)ccc3s2)C1. The lowest BCUT2D eigenvalue weighted by Gasteiger charge is -2.28. The number of rotatable bonds is 2. The van der Waals surface area contributed by atoms with Gasteiger partial charge >= 0.3 is 0 Å². The number of hydrogen-bond donors (Lipinski definition) is 1. The fourth-order valence-electron chi connectivity index (χ4n) is 2.62. The van der Waals surface area contributed by atoms with Crippen LogP contribution in [0.2, 0.25) is 5.02 Å². The van der Waals surface area contributed by atoms with E-state index in [4.69, 9.17) is 16.6 Å². The topological polar surface area (TPSA) is 24.9 Å². The molecule has 0 radical (unpaired) electrons. The first-order chi connectivity index (χ1) is 8.76. The fourth-order valence-corrected chi connectivity index (χ4v) is 3.83. The molecule has 1 N–H and O–H groups in total. The van der Waals surface area contributed by atoms with E-state index < -0.39 is 0 Å². The summed E-state index contributed by atoms with van der Waals surface area (Å²) in [6.45, 7) is 3.39. The number of aromatic nitrogens is 1. The Hall–Kier alpha value is -0.640. The highest BCUT2D eigenvalue weighted by molar-refractivity contribution is 7.18. The molecule has 0 amide bonds. The van der Waals surface area contributed by atoms with Crippen molar-refractivity contribution in [3.63, 3.8) is 0 Å². The van der Waals surface area contributed by atoms with Crippen molar-refractivity contribution in [2.45, 2.75) is 32.2 Å². The standard InChI is InChI=1S/C14H17ClN2S/c1-2-9-5-6-16-12(7-9)14-17-11-8-10(15)3-4-13(11)18-14/h3-4,8-9,12,16H,2,5-7H2,1H3. The zero-order valence-corrected chi connectivity index (χ0v) is 12.0. The molecule has 1 saturated heterocycles. The number of piperidine rings is 1. The molecular weight excluding hydrogens is 264 g/mol. The first kappa shape index (κ1) is 12.4. The van der Waals surface area contributed by atoms with E-state index in [1.54, 1.807) is 11.3 Å². The van der Waals surface area contributed by atoms with Crippen LogP contribution in [0.5, 0.6) is 0 Å². The second-order valence-electron chi connectivity index (χ2n) is 4.97. The number of hydrogen-bond acceptors (Lipinski definition) is 3. The molecule has 0 bridgehead atoms. The van der Waals surface area contributed by atoms with Gasteiger partial charge in [0.25, 0.3) is 0 Å². The van der Waals surface area contributed by atoms with Crippen molar-refractivity contribution in [3.05, 3.63) is 28.2 Å². The Balaban J connectivity index is 1.89. The van der Waals surface area contributed by atoms with Crippen LogP contribution in [-0.4, -0.2) is 11.5 Å². The van der Waals surface area contributed by atoms with Crippen molar-refractivity contribution < 1.29 is 0 Å². The summed E-state index contributed by atoms with van der Waals surface area (Å²) in [6.07, 6.45) is 3.78. The van der Waals surface area contributed by atoms with Crippen molar-refractivity contribution in [1.82, 2.24) is 10.3 Å². The highest BCUT2D eigenvalue weighted by Crippen LogP contribution is 2.34. The average molecular weight is 281 g/mol. The number of nitrogens with zero attached hydrogens (tertiary/aromatic N) is 1. The predicted octanol–water partition coefficient (Wildman–Crippen LogP) is 4.40. The van der Waals surface area contributed by atoms with Gasteiger partial charge in [0.1, 0.15) is 5.01 Å². The zero-order chi connectivity index (χ0) is 12.5. The van der Waals surface area contributed by atoms with Crippen LogP contribution >= 0.6 is 22.9 Å². The smallest absolute Gasteiger partial charge is 0.111 e. The number of thiazole rings is 1. The molecule has 2 heterocycles. The summed E-state index contributed by atoms with van der Waals surface area (Å²) in [6, 6.07) is 6.39. The minimum Gasteiger partial charge on any atom is -0.308 e. The summed E-state index contributed by atoms with van der Waals surface area (Å²) in [5, 5.41) is 5.57. The second-order valence-corrected chi connectivity index (χ2v) is 6.47. The van der Waals surface area contributed by atoms with Crippen LogP contribution in [0, 0.1) is 5.92 Å². The lowest BCUT2D eigenvalue weighted by atomic mass is 9.91. The molecule has 2 unspecified atom stereocenters. The number of nitrogens with one attached hydrogen (secondary N) is 1. The Bertz CT molecular complexity index is 552. The van der Waals surface area contributed by atoms with Gasteiger partial charge in [-0.3, -0.25) is 0 Å². The van der Waals surface area contributed by atoms with E-state index >= 15 is 0 Å². The molecule has 3 rings (SSSR count). The van der Waals surface area contributed by atoms with Crippen LogP contribution in [0.25, 0.3) is 10.2 Å². The Morgan fingerprint density at radius 2 is 2.39 bits per heavy atom. The Labute approximate surface area is 116 Å². The van der Waals surface area contributed by atoms with Crippen molar-refractivity contribution >= 4 is 33.2 Å². The lowest BCUT2D eigenvalue weighted by molar-refractivity contribution is 0.299. The van der Waals surface area contributed by atoms with Gasteiger partial charge in [0.05, 0.1) is 16.3 Å². The van der Waals surface area contributed by atoms with Crippen LogP contribution in [0.3, 0.4) is 0 Å². The summed E-state index contributed by atoms with van der Waals surface area (Å²) >= 11 is 7.80. The van der Waals surface area contributed by atoms with Crippen LogP contribution in [0.4, 0.5) is 0 Å². The second kappa shape index (κ2) is 5.16. The first-order valence-electron chi connectivity index (χ1n) is 6.55. The predicted molar refractivity (Wildman–Crippen MR) is 78.4 cm³/mol. The Morgan fingerprint density at radius 3 is 3.22 bits per heavy atom. The fraction of sp³-hybridized carbons (Fsp3) is 0.500. The molecule has 2 aromatic rings. The molecule has 0 saturated carbocycles. The molecule has 0 aliphatic carbocycles. The third-order valence-electron chi connectivity index (χ3n) is 3.75. The molecule has 18 heavy (non-hydrogen) atoms. The van der Waals surface area contributed by atoms with Gasteiger partial charge in [0.15, 0.2) is 0 Å². The molecule has 1 aliphatic rings. The van der Waals surface area contributed by atoms with Gasteiger partial charge in [-0.1, -0.05) is 24.9 Å². The largest absolute Gasteiger partial charge is 0.308 e. The third kappa shape index (κ3) is 2.40. The molecule has 2 atom stereocenters. The van der Waals surface area contributed by atoms with Crippen molar-refractivity contribution in [2.75, 3.05) is 6.54 Å². The van der Waals surface area contributed by atoms with Crippen LogP contribution in [-0.2, 0) is 0 Å². The Kier molecular flexibility index (Phi) is 3.55. The quantitative estimate of drug-likeness (QED) is 0.882. The van der Waals surface area contributed by atoms with E-state index in [2.05, 4.69) is 18.3 Å². The van der Waals surface area contributed by atoms with E-state index in [9.17, 15) is 0 Å².